The molecule has 1 aliphatic carbocycles. The van der Waals surface area contributed by atoms with E-state index in [1.807, 2.05) is 18.2 Å². The van der Waals surface area contributed by atoms with Crippen LogP contribution in [-0.4, -0.2) is 16.7 Å². The smallest absolute Gasteiger partial charge is 0.234 e. The molecule has 1 amide bonds. The number of anilines is 1. The van der Waals surface area contributed by atoms with E-state index in [9.17, 15) is 9.59 Å². The molecule has 0 unspecified atom stereocenters. The molecule has 0 saturated carbocycles. The van der Waals surface area contributed by atoms with Gasteiger partial charge in [0.2, 0.25) is 5.91 Å². The molecule has 90 valence electrons. The van der Waals surface area contributed by atoms with Crippen molar-refractivity contribution in [3.8, 4) is 0 Å². The van der Waals surface area contributed by atoms with Gasteiger partial charge in [-0.25, -0.2) is 4.98 Å². The molecule has 1 aliphatic rings. The van der Waals surface area contributed by atoms with Gasteiger partial charge in [-0.15, -0.1) is 11.3 Å². The summed E-state index contributed by atoms with van der Waals surface area (Å²) < 4.78 is 0. The van der Waals surface area contributed by atoms with E-state index in [4.69, 9.17) is 0 Å². The normalized spacial score (nSPS) is 17.6. The Balaban J connectivity index is 1.86. The maximum absolute atomic E-state index is 12.1. The second-order valence-corrected chi connectivity index (χ2v) is 4.99. The van der Waals surface area contributed by atoms with Crippen LogP contribution in [0, 0.1) is 0 Å². The summed E-state index contributed by atoms with van der Waals surface area (Å²) in [6.07, 6.45) is 1.88. The Morgan fingerprint density at radius 1 is 1.39 bits per heavy atom. The fraction of sp³-hybridized carbons (Fsp3) is 0.154. The molecule has 0 bridgehead atoms. The van der Waals surface area contributed by atoms with Crippen molar-refractivity contribution in [1.82, 2.24) is 4.98 Å². The minimum Gasteiger partial charge on any atom is -0.301 e. The van der Waals surface area contributed by atoms with E-state index >= 15 is 0 Å². The Kier molecular flexibility index (Phi) is 2.68. The van der Waals surface area contributed by atoms with E-state index in [0.717, 1.165) is 5.56 Å². The lowest BCUT2D eigenvalue weighted by Crippen LogP contribution is -2.19. The number of nitrogens with zero attached hydrogens (tertiary/aromatic N) is 1. The molecule has 1 N–H and O–H groups in total. The molecule has 18 heavy (non-hydrogen) atoms. The molecule has 2 aromatic rings. The van der Waals surface area contributed by atoms with Gasteiger partial charge < -0.3 is 5.32 Å². The minimum absolute atomic E-state index is 0.0323. The molecule has 3 rings (SSSR count). The third-order valence-corrected chi connectivity index (χ3v) is 3.69. The van der Waals surface area contributed by atoms with Crippen molar-refractivity contribution in [2.24, 2.45) is 0 Å². The lowest BCUT2D eigenvalue weighted by Gasteiger charge is -2.09. The van der Waals surface area contributed by atoms with Crippen LogP contribution in [0.15, 0.2) is 35.8 Å². The second-order valence-electron chi connectivity index (χ2n) is 4.09. The van der Waals surface area contributed by atoms with Crippen LogP contribution in [0.4, 0.5) is 5.13 Å². The highest BCUT2D eigenvalue weighted by molar-refractivity contribution is 7.13. The maximum Gasteiger partial charge on any atom is 0.234 e. The number of fused-ring (bicyclic) bond motifs is 1. The van der Waals surface area contributed by atoms with E-state index in [1.54, 1.807) is 17.6 Å². The summed E-state index contributed by atoms with van der Waals surface area (Å²) in [4.78, 5) is 27.9. The largest absolute Gasteiger partial charge is 0.301 e. The van der Waals surface area contributed by atoms with E-state index in [-0.39, 0.29) is 18.1 Å². The molecule has 5 heteroatoms. The quantitative estimate of drug-likeness (QED) is 0.900. The van der Waals surface area contributed by atoms with E-state index in [0.29, 0.717) is 10.7 Å². The summed E-state index contributed by atoms with van der Waals surface area (Å²) in [6.45, 7) is 0. The lowest BCUT2D eigenvalue weighted by molar-refractivity contribution is -0.117. The van der Waals surface area contributed by atoms with Crippen LogP contribution in [0.3, 0.4) is 0 Å². The van der Waals surface area contributed by atoms with Crippen LogP contribution >= 0.6 is 11.3 Å². The van der Waals surface area contributed by atoms with Crippen LogP contribution in [0.1, 0.15) is 28.3 Å². The van der Waals surface area contributed by atoms with Crippen molar-refractivity contribution in [2.75, 3.05) is 5.32 Å². The highest BCUT2D eigenvalue weighted by Gasteiger charge is 2.34. The first-order chi connectivity index (χ1) is 8.75. The number of rotatable bonds is 2. The minimum atomic E-state index is -0.391. The molecule has 4 nitrogen and oxygen atoms in total. The van der Waals surface area contributed by atoms with Gasteiger partial charge in [-0.2, -0.15) is 0 Å². The molecule has 0 saturated heterocycles. The number of ketones is 1. The lowest BCUT2D eigenvalue weighted by atomic mass is 10.0. The summed E-state index contributed by atoms with van der Waals surface area (Å²) in [5, 5.41) is 5.10. The molecule has 0 aliphatic heterocycles. The third-order valence-electron chi connectivity index (χ3n) is 3.01. The number of Topliss-reactive ketones (excluding diaryl/α,β-unsaturated/α-hetero) is 1. The van der Waals surface area contributed by atoms with Crippen molar-refractivity contribution < 1.29 is 9.59 Å². The number of carbonyl (C=O) groups is 2. The summed E-state index contributed by atoms with van der Waals surface area (Å²) >= 11 is 1.36. The zero-order valence-corrected chi connectivity index (χ0v) is 10.2. The predicted octanol–water partition coefficient (Wildman–Crippen LogP) is 2.45. The first-order valence-corrected chi connectivity index (χ1v) is 6.46. The van der Waals surface area contributed by atoms with Crippen molar-refractivity contribution in [2.45, 2.75) is 12.3 Å². The highest BCUT2D eigenvalue weighted by atomic mass is 32.1. The van der Waals surface area contributed by atoms with E-state index < -0.39 is 5.92 Å². The first kappa shape index (κ1) is 11.1. The van der Waals surface area contributed by atoms with Gasteiger partial charge in [0.15, 0.2) is 10.9 Å². The average molecular weight is 258 g/mol. The zero-order valence-electron chi connectivity index (χ0n) is 9.42. The topological polar surface area (TPSA) is 59.1 Å². The molecule has 1 atom stereocenters. The number of hydrogen-bond donors (Lipinski definition) is 1. The van der Waals surface area contributed by atoms with Gasteiger partial charge in [0.05, 0.1) is 5.92 Å². The number of aromatic nitrogens is 1. The maximum atomic E-state index is 12.1. The fourth-order valence-electron chi connectivity index (χ4n) is 2.17. The van der Waals surface area contributed by atoms with Crippen molar-refractivity contribution >= 4 is 28.2 Å². The summed E-state index contributed by atoms with van der Waals surface area (Å²) in [6, 6.07) is 7.28. The molecule has 1 aromatic carbocycles. The van der Waals surface area contributed by atoms with Crippen molar-refractivity contribution in [3.63, 3.8) is 0 Å². The summed E-state index contributed by atoms with van der Waals surface area (Å²) in [7, 11) is 0. The van der Waals surface area contributed by atoms with Crippen LogP contribution in [0.5, 0.6) is 0 Å². The van der Waals surface area contributed by atoms with Gasteiger partial charge in [-0.3, -0.25) is 9.59 Å². The summed E-state index contributed by atoms with van der Waals surface area (Å²) in [5.41, 5.74) is 1.48. The van der Waals surface area contributed by atoms with Gasteiger partial charge in [-0.05, 0) is 5.56 Å². The fourth-order valence-corrected chi connectivity index (χ4v) is 2.70. The third kappa shape index (κ3) is 1.82. The Hall–Kier alpha value is -2.01. The van der Waals surface area contributed by atoms with E-state index in [2.05, 4.69) is 10.3 Å². The highest BCUT2D eigenvalue weighted by Crippen LogP contribution is 2.33. The SMILES string of the molecule is O=C1C[C@@H](C(=O)Nc2nccs2)c2ccccc21. The van der Waals surface area contributed by atoms with Crippen LogP contribution in [-0.2, 0) is 4.79 Å². The van der Waals surface area contributed by atoms with Gasteiger partial charge in [0.25, 0.3) is 0 Å². The first-order valence-electron chi connectivity index (χ1n) is 5.58. The van der Waals surface area contributed by atoms with Crippen LogP contribution in [0.2, 0.25) is 0 Å². The Bertz CT molecular complexity index is 607. The molecular weight excluding hydrogens is 248 g/mol. The average Bonchev–Trinajstić information content (AvgIpc) is 2.98. The molecule has 0 spiro atoms. The van der Waals surface area contributed by atoms with Crippen LogP contribution < -0.4 is 5.32 Å². The van der Waals surface area contributed by atoms with Crippen LogP contribution in [0.25, 0.3) is 0 Å². The molecule has 0 radical (unpaired) electrons. The number of thiazole rings is 1. The standard InChI is InChI=1S/C13H10N2O2S/c16-11-7-10(8-3-1-2-4-9(8)11)12(17)15-13-14-5-6-18-13/h1-6,10H,7H2,(H,14,15,17)/t10-/m1/s1. The van der Waals surface area contributed by atoms with Crippen molar-refractivity contribution in [1.29, 1.82) is 0 Å². The second kappa shape index (κ2) is 4.34. The zero-order chi connectivity index (χ0) is 12.5. The molecular formula is C13H10N2O2S. The Labute approximate surface area is 108 Å². The number of hydrogen-bond acceptors (Lipinski definition) is 4. The van der Waals surface area contributed by atoms with Crippen molar-refractivity contribution in [3.05, 3.63) is 47.0 Å². The van der Waals surface area contributed by atoms with Gasteiger partial charge in [0, 0.05) is 23.6 Å². The summed E-state index contributed by atoms with van der Waals surface area (Å²) in [5.74, 6) is -0.522. The van der Waals surface area contributed by atoms with Gasteiger partial charge in [0.1, 0.15) is 0 Å². The van der Waals surface area contributed by atoms with E-state index in [1.165, 1.54) is 11.3 Å². The van der Waals surface area contributed by atoms with Gasteiger partial charge >= 0.3 is 0 Å². The number of nitrogens with one attached hydrogen (secondary N) is 1. The molecule has 1 heterocycles. The van der Waals surface area contributed by atoms with Gasteiger partial charge in [-0.1, -0.05) is 24.3 Å². The number of benzene rings is 1. The number of amides is 1. The molecule has 1 aromatic heterocycles. The molecule has 0 fully saturated rings. The number of carbonyl (C=O) groups excluding carboxylic acids is 2. The predicted molar refractivity (Wildman–Crippen MR) is 68.9 cm³/mol. The Morgan fingerprint density at radius 3 is 3.00 bits per heavy atom. The Morgan fingerprint density at radius 2 is 2.22 bits per heavy atom. The monoisotopic (exact) mass is 258 g/mol.